The smallest absolute Gasteiger partial charge is 0.243 e. The number of carbonyl (C=O) groups excluding carboxylic acids is 2. The molecule has 0 saturated heterocycles. The van der Waals surface area contributed by atoms with Crippen LogP contribution in [0.1, 0.15) is 12.5 Å². The summed E-state index contributed by atoms with van der Waals surface area (Å²) in [6, 6.07) is 9.26. The molecule has 5 nitrogen and oxygen atoms in total. The van der Waals surface area contributed by atoms with E-state index in [0.29, 0.717) is 12.3 Å². The summed E-state index contributed by atoms with van der Waals surface area (Å²) in [5.41, 5.74) is 10.5. The molecule has 0 heterocycles. The normalized spacial score (nSPS) is 13.7. The van der Waals surface area contributed by atoms with Crippen molar-refractivity contribution >= 4 is 23.6 Å². The summed E-state index contributed by atoms with van der Waals surface area (Å²) in [5, 5.41) is 3.14. The second-order valence-corrected chi connectivity index (χ2v) is 5.11. The number of carbonyl (C=O) groups is 2. The van der Waals surface area contributed by atoms with Crippen LogP contribution in [0.4, 0.5) is 0 Å². The highest BCUT2D eigenvalue weighted by molar-refractivity contribution is 8.00. The highest BCUT2D eigenvalue weighted by Crippen LogP contribution is 2.25. The van der Waals surface area contributed by atoms with Crippen LogP contribution < -0.4 is 16.8 Å². The van der Waals surface area contributed by atoms with Gasteiger partial charge in [0.2, 0.25) is 11.8 Å². The second-order valence-electron chi connectivity index (χ2n) is 4.13. The van der Waals surface area contributed by atoms with Gasteiger partial charge in [-0.25, -0.2) is 0 Å². The van der Waals surface area contributed by atoms with Gasteiger partial charge < -0.3 is 11.5 Å². The van der Waals surface area contributed by atoms with E-state index in [1.54, 1.807) is 0 Å². The van der Waals surface area contributed by atoms with Crippen molar-refractivity contribution in [3.8, 4) is 0 Å². The minimum absolute atomic E-state index is 0.160. The highest BCUT2D eigenvalue weighted by Gasteiger charge is 2.37. The van der Waals surface area contributed by atoms with Crippen LogP contribution in [0.25, 0.3) is 0 Å². The van der Waals surface area contributed by atoms with E-state index in [1.807, 2.05) is 37.3 Å². The third-order valence-corrected chi connectivity index (χ3v) is 3.85. The lowest BCUT2D eigenvalue weighted by Gasteiger charge is -2.31. The average Bonchev–Trinajstić information content (AvgIpc) is 2.38. The van der Waals surface area contributed by atoms with Crippen LogP contribution >= 0.6 is 11.8 Å². The topological polar surface area (TPSA) is 98.2 Å². The minimum Gasteiger partial charge on any atom is -0.369 e. The van der Waals surface area contributed by atoms with Gasteiger partial charge in [-0.2, -0.15) is 0 Å². The molecule has 6 heteroatoms. The third-order valence-electron chi connectivity index (χ3n) is 2.73. The molecule has 0 fully saturated rings. The highest BCUT2D eigenvalue weighted by atomic mass is 32.2. The quantitative estimate of drug-likeness (QED) is 0.633. The Morgan fingerprint density at radius 2 is 1.89 bits per heavy atom. The lowest BCUT2D eigenvalue weighted by Crippen LogP contribution is -2.54. The van der Waals surface area contributed by atoms with E-state index in [2.05, 4.69) is 5.32 Å². The molecular weight excluding hydrogens is 262 g/mol. The van der Waals surface area contributed by atoms with Crippen molar-refractivity contribution in [1.82, 2.24) is 5.32 Å². The Labute approximate surface area is 117 Å². The maximum Gasteiger partial charge on any atom is 0.243 e. The molecule has 0 aliphatic carbocycles. The van der Waals surface area contributed by atoms with Crippen LogP contribution in [0.2, 0.25) is 0 Å². The van der Waals surface area contributed by atoms with Gasteiger partial charge in [0.05, 0.1) is 5.75 Å². The Balaban J connectivity index is 3.01. The molecule has 1 unspecified atom stereocenters. The Bertz CT molecular complexity index is 439. The first-order valence-electron chi connectivity index (χ1n) is 5.99. The maximum atomic E-state index is 11.9. The summed E-state index contributed by atoms with van der Waals surface area (Å²) >= 11 is 1.29. The summed E-state index contributed by atoms with van der Waals surface area (Å²) in [5.74, 6) is -0.346. The van der Waals surface area contributed by atoms with Crippen molar-refractivity contribution < 1.29 is 9.59 Å². The molecule has 104 valence electrons. The molecule has 0 aromatic heterocycles. The zero-order valence-electron chi connectivity index (χ0n) is 10.9. The summed E-state index contributed by atoms with van der Waals surface area (Å²) in [6.45, 7) is 2.49. The zero-order chi connectivity index (χ0) is 14.3. The van der Waals surface area contributed by atoms with Gasteiger partial charge in [0, 0.05) is 5.75 Å². The predicted octanol–water partition coefficient (Wildman–Crippen LogP) is 0.195. The van der Waals surface area contributed by atoms with E-state index in [0.717, 1.165) is 5.56 Å². The molecule has 1 atom stereocenters. The van der Waals surface area contributed by atoms with Crippen LogP contribution in [0, 0.1) is 0 Å². The number of nitrogens with two attached hydrogens (primary N) is 2. The van der Waals surface area contributed by atoms with Crippen LogP contribution in [0.5, 0.6) is 0 Å². The average molecular weight is 281 g/mol. The molecule has 1 aromatic rings. The summed E-state index contributed by atoms with van der Waals surface area (Å²) in [7, 11) is 0. The van der Waals surface area contributed by atoms with Gasteiger partial charge in [-0.15, -0.1) is 11.8 Å². The van der Waals surface area contributed by atoms with E-state index in [1.165, 1.54) is 11.8 Å². The number of benzene rings is 1. The van der Waals surface area contributed by atoms with E-state index in [4.69, 9.17) is 11.5 Å². The number of amides is 2. The van der Waals surface area contributed by atoms with Gasteiger partial charge in [0.15, 0.2) is 0 Å². The van der Waals surface area contributed by atoms with Crippen molar-refractivity contribution in [3.05, 3.63) is 35.9 Å². The molecule has 0 radical (unpaired) electrons. The molecular formula is C13H19N3O2S. The Kier molecular flexibility index (Phi) is 5.85. The van der Waals surface area contributed by atoms with Crippen molar-refractivity contribution in [2.45, 2.75) is 12.5 Å². The minimum atomic E-state index is -0.976. The largest absolute Gasteiger partial charge is 0.369 e. The van der Waals surface area contributed by atoms with Gasteiger partial charge >= 0.3 is 0 Å². The fourth-order valence-electron chi connectivity index (χ4n) is 1.87. The van der Waals surface area contributed by atoms with E-state index < -0.39 is 17.4 Å². The number of likely N-dealkylation sites (N-methyl/N-ethyl adjacent to an activating group) is 1. The van der Waals surface area contributed by atoms with Crippen LogP contribution in [-0.2, 0) is 15.1 Å². The van der Waals surface area contributed by atoms with Gasteiger partial charge in [-0.05, 0) is 12.1 Å². The SMILES string of the molecule is CCNC(CSCC(N)=O)(C(N)=O)c1ccccc1. The number of rotatable bonds is 8. The first kappa shape index (κ1) is 15.5. The fourth-order valence-corrected chi connectivity index (χ4v) is 2.89. The number of hydrogen-bond donors (Lipinski definition) is 3. The van der Waals surface area contributed by atoms with Gasteiger partial charge in [0.1, 0.15) is 5.54 Å². The summed E-state index contributed by atoms with van der Waals surface area (Å²) < 4.78 is 0. The number of hydrogen-bond acceptors (Lipinski definition) is 4. The number of nitrogens with one attached hydrogen (secondary N) is 1. The summed E-state index contributed by atoms with van der Waals surface area (Å²) in [6.07, 6.45) is 0. The Morgan fingerprint density at radius 1 is 1.26 bits per heavy atom. The number of thioether (sulfide) groups is 1. The monoisotopic (exact) mass is 281 g/mol. The van der Waals surface area contributed by atoms with Crippen molar-refractivity contribution in [3.63, 3.8) is 0 Å². The van der Waals surface area contributed by atoms with Gasteiger partial charge in [-0.1, -0.05) is 37.3 Å². The molecule has 0 aliphatic heterocycles. The number of primary amides is 2. The van der Waals surface area contributed by atoms with Crippen LogP contribution in [0.3, 0.4) is 0 Å². The van der Waals surface area contributed by atoms with Crippen molar-refractivity contribution in [2.24, 2.45) is 11.5 Å². The van der Waals surface area contributed by atoms with Crippen LogP contribution in [0.15, 0.2) is 30.3 Å². The fraction of sp³-hybridized carbons (Fsp3) is 0.385. The Morgan fingerprint density at radius 3 is 2.37 bits per heavy atom. The molecule has 1 aromatic carbocycles. The summed E-state index contributed by atoms with van der Waals surface area (Å²) in [4.78, 5) is 22.7. The molecule has 0 aliphatic rings. The standard InChI is InChI=1S/C13H19N3O2S/c1-2-16-13(12(15)18,9-19-8-11(14)17)10-6-4-3-5-7-10/h3-7,16H,2,8-9H2,1H3,(H2,14,17)(H2,15,18). The van der Waals surface area contributed by atoms with Gasteiger partial charge in [0.25, 0.3) is 0 Å². The molecule has 0 spiro atoms. The first-order valence-corrected chi connectivity index (χ1v) is 7.15. The lowest BCUT2D eigenvalue weighted by molar-refractivity contribution is -0.124. The second kappa shape index (κ2) is 7.16. The predicted molar refractivity (Wildman–Crippen MR) is 77.5 cm³/mol. The molecule has 19 heavy (non-hydrogen) atoms. The van der Waals surface area contributed by atoms with Crippen molar-refractivity contribution in [2.75, 3.05) is 18.1 Å². The molecule has 5 N–H and O–H groups in total. The van der Waals surface area contributed by atoms with Crippen LogP contribution in [-0.4, -0.2) is 29.9 Å². The lowest BCUT2D eigenvalue weighted by atomic mass is 9.91. The zero-order valence-corrected chi connectivity index (χ0v) is 11.7. The maximum absolute atomic E-state index is 11.9. The van der Waals surface area contributed by atoms with E-state index in [-0.39, 0.29) is 5.75 Å². The van der Waals surface area contributed by atoms with E-state index >= 15 is 0 Å². The first-order chi connectivity index (χ1) is 9.03. The van der Waals surface area contributed by atoms with Gasteiger partial charge in [-0.3, -0.25) is 14.9 Å². The molecule has 0 bridgehead atoms. The third kappa shape index (κ3) is 3.97. The molecule has 0 saturated carbocycles. The van der Waals surface area contributed by atoms with E-state index in [9.17, 15) is 9.59 Å². The molecule has 2 amide bonds. The molecule has 1 rings (SSSR count). The van der Waals surface area contributed by atoms with Crippen molar-refractivity contribution in [1.29, 1.82) is 0 Å². The Hall–Kier alpha value is -1.53.